The van der Waals surface area contributed by atoms with E-state index in [1.807, 2.05) is 66.9 Å². The van der Waals surface area contributed by atoms with E-state index in [9.17, 15) is 14.0 Å². The summed E-state index contributed by atoms with van der Waals surface area (Å²) in [4.78, 5) is 26.5. The molecule has 0 aliphatic rings. The van der Waals surface area contributed by atoms with E-state index in [1.54, 1.807) is 16.6 Å². The lowest BCUT2D eigenvalue weighted by molar-refractivity contribution is -0.129. The molecule has 0 radical (unpaired) electrons. The van der Waals surface area contributed by atoms with Crippen molar-refractivity contribution in [2.24, 2.45) is 0 Å². The molecule has 0 spiro atoms. The van der Waals surface area contributed by atoms with Crippen LogP contribution >= 0.6 is 0 Å². The van der Waals surface area contributed by atoms with Crippen LogP contribution in [0.4, 0.5) is 4.39 Å². The maximum absolute atomic E-state index is 13.0. The van der Waals surface area contributed by atoms with Crippen LogP contribution in [0, 0.1) is 5.82 Å². The first-order valence-corrected chi connectivity index (χ1v) is 10.5. The van der Waals surface area contributed by atoms with Crippen LogP contribution in [0.15, 0.2) is 91.1 Å². The highest BCUT2D eigenvalue weighted by molar-refractivity contribution is 5.96. The highest BCUT2D eigenvalue weighted by Crippen LogP contribution is 2.24. The maximum Gasteiger partial charge on any atom is 0.251 e. The van der Waals surface area contributed by atoms with Crippen LogP contribution in [0.5, 0.6) is 0 Å². The van der Waals surface area contributed by atoms with Gasteiger partial charge in [-0.05, 0) is 36.4 Å². The summed E-state index contributed by atoms with van der Waals surface area (Å²) >= 11 is 0. The lowest BCUT2D eigenvalue weighted by atomic mass is 10.1. The van der Waals surface area contributed by atoms with Crippen molar-refractivity contribution in [1.82, 2.24) is 20.0 Å². The van der Waals surface area contributed by atoms with Crippen LogP contribution < -0.4 is 5.32 Å². The molecule has 0 bridgehead atoms. The van der Waals surface area contributed by atoms with Gasteiger partial charge in [-0.25, -0.2) is 9.07 Å². The largest absolute Gasteiger partial charge is 0.343 e. The average molecular weight is 442 g/mol. The molecule has 33 heavy (non-hydrogen) atoms. The molecule has 4 rings (SSSR count). The van der Waals surface area contributed by atoms with Gasteiger partial charge in [0.25, 0.3) is 5.91 Å². The summed E-state index contributed by atoms with van der Waals surface area (Å²) in [6, 6.07) is 24.7. The van der Waals surface area contributed by atoms with E-state index in [0.717, 1.165) is 22.5 Å². The molecule has 0 atom stereocenters. The van der Waals surface area contributed by atoms with Crippen molar-refractivity contribution < 1.29 is 14.0 Å². The number of aromatic nitrogens is 2. The van der Waals surface area contributed by atoms with Crippen molar-refractivity contribution in [3.8, 4) is 16.9 Å². The Bertz CT molecular complexity index is 1240. The summed E-state index contributed by atoms with van der Waals surface area (Å²) in [7, 11) is 1.68. The lowest BCUT2D eigenvalue weighted by Gasteiger charge is -2.17. The minimum absolute atomic E-state index is 0.166. The van der Waals surface area contributed by atoms with Crippen LogP contribution in [0.25, 0.3) is 16.9 Å². The fourth-order valence-electron chi connectivity index (χ4n) is 3.42. The van der Waals surface area contributed by atoms with Crippen LogP contribution in [0.3, 0.4) is 0 Å². The minimum Gasteiger partial charge on any atom is -0.343 e. The van der Waals surface area contributed by atoms with Gasteiger partial charge in [-0.15, -0.1) is 0 Å². The molecule has 166 valence electrons. The number of para-hydroxylation sites is 1. The molecule has 0 aliphatic carbocycles. The molecular weight excluding hydrogens is 419 g/mol. The molecule has 1 aromatic heterocycles. The lowest BCUT2D eigenvalue weighted by Crippen LogP contribution is -2.37. The third-order valence-electron chi connectivity index (χ3n) is 5.20. The molecule has 0 unspecified atom stereocenters. The van der Waals surface area contributed by atoms with Crippen molar-refractivity contribution in [3.05, 3.63) is 108 Å². The third kappa shape index (κ3) is 5.33. The number of hydrogen-bond acceptors (Lipinski definition) is 3. The van der Waals surface area contributed by atoms with E-state index in [-0.39, 0.29) is 12.5 Å². The molecule has 0 saturated carbocycles. The molecule has 6 nitrogen and oxygen atoms in total. The zero-order valence-corrected chi connectivity index (χ0v) is 18.1. The third-order valence-corrected chi connectivity index (χ3v) is 5.20. The Morgan fingerprint density at radius 1 is 0.939 bits per heavy atom. The Morgan fingerprint density at radius 2 is 1.58 bits per heavy atom. The number of likely N-dealkylation sites (N-methyl/N-ethyl adjacent to an activating group) is 1. The smallest absolute Gasteiger partial charge is 0.251 e. The van der Waals surface area contributed by atoms with Gasteiger partial charge >= 0.3 is 0 Å². The summed E-state index contributed by atoms with van der Waals surface area (Å²) in [6.07, 6.45) is 1.92. The Hall–Kier alpha value is -4.26. The average Bonchev–Trinajstić information content (AvgIpc) is 3.27. The van der Waals surface area contributed by atoms with Gasteiger partial charge < -0.3 is 10.2 Å². The first kappa shape index (κ1) is 22.0. The summed E-state index contributed by atoms with van der Waals surface area (Å²) in [5, 5.41) is 7.35. The van der Waals surface area contributed by atoms with Crippen LogP contribution in [-0.4, -0.2) is 40.1 Å². The number of halogens is 1. The van der Waals surface area contributed by atoms with Gasteiger partial charge in [0.05, 0.1) is 17.9 Å². The molecule has 3 aromatic carbocycles. The predicted octanol–water partition coefficient (Wildman–Crippen LogP) is 4.07. The van der Waals surface area contributed by atoms with Gasteiger partial charge in [0, 0.05) is 36.5 Å². The van der Waals surface area contributed by atoms with Gasteiger partial charge in [-0.2, -0.15) is 5.10 Å². The highest BCUT2D eigenvalue weighted by atomic mass is 19.1. The number of benzene rings is 3. The predicted molar refractivity (Wildman–Crippen MR) is 124 cm³/mol. The zero-order chi connectivity index (χ0) is 23.2. The van der Waals surface area contributed by atoms with Crippen LogP contribution in [0.2, 0.25) is 0 Å². The zero-order valence-electron chi connectivity index (χ0n) is 18.1. The molecule has 1 N–H and O–H groups in total. The molecule has 0 aliphatic heterocycles. The summed E-state index contributed by atoms with van der Waals surface area (Å²) in [6.45, 7) is 0.155. The van der Waals surface area contributed by atoms with E-state index in [0.29, 0.717) is 12.1 Å². The maximum atomic E-state index is 13.0. The van der Waals surface area contributed by atoms with Gasteiger partial charge in [0.2, 0.25) is 5.91 Å². The molecular formula is C26H23FN4O2. The summed E-state index contributed by atoms with van der Waals surface area (Å²) in [5.41, 5.74) is 3.83. The van der Waals surface area contributed by atoms with E-state index in [1.165, 1.54) is 24.3 Å². The molecule has 4 aromatic rings. The molecule has 7 heteroatoms. The minimum atomic E-state index is -0.432. The number of carbonyl (C=O) groups is 2. The number of nitrogens with zero attached hydrogens (tertiary/aromatic N) is 3. The second kappa shape index (κ2) is 9.91. The SMILES string of the molecule is CN(Cc1cn(-c2ccccc2)nc1-c1ccccc1)C(=O)CNC(=O)c1ccc(F)cc1. The van der Waals surface area contributed by atoms with Crippen molar-refractivity contribution in [2.45, 2.75) is 6.54 Å². The van der Waals surface area contributed by atoms with E-state index in [2.05, 4.69) is 5.32 Å². The van der Waals surface area contributed by atoms with Gasteiger partial charge in [-0.3, -0.25) is 9.59 Å². The summed E-state index contributed by atoms with van der Waals surface area (Å²) in [5.74, 6) is -1.11. The van der Waals surface area contributed by atoms with Crippen LogP contribution in [0.1, 0.15) is 15.9 Å². The van der Waals surface area contributed by atoms with Gasteiger partial charge in [-0.1, -0.05) is 48.5 Å². The Balaban J connectivity index is 1.48. The quantitative estimate of drug-likeness (QED) is 0.469. The Morgan fingerprint density at radius 3 is 2.24 bits per heavy atom. The van der Waals surface area contributed by atoms with Crippen molar-refractivity contribution >= 4 is 11.8 Å². The van der Waals surface area contributed by atoms with E-state index in [4.69, 9.17) is 5.10 Å². The standard InChI is InChI=1S/C26H23FN4O2/c1-30(24(32)16-28-26(33)20-12-14-22(27)15-13-20)17-21-18-31(23-10-6-3-7-11-23)29-25(21)19-8-4-2-5-9-19/h2-15,18H,16-17H2,1H3,(H,28,33). The topological polar surface area (TPSA) is 67.2 Å². The van der Waals surface area contributed by atoms with Crippen molar-refractivity contribution in [3.63, 3.8) is 0 Å². The molecule has 1 heterocycles. The van der Waals surface area contributed by atoms with Gasteiger partial charge in [0.1, 0.15) is 5.82 Å². The number of hydrogen-bond donors (Lipinski definition) is 1. The Kier molecular flexibility index (Phi) is 6.59. The first-order valence-electron chi connectivity index (χ1n) is 10.5. The number of amides is 2. The molecule has 0 saturated heterocycles. The number of carbonyl (C=O) groups excluding carboxylic acids is 2. The second-order valence-electron chi connectivity index (χ2n) is 7.59. The van der Waals surface area contributed by atoms with Crippen LogP contribution in [-0.2, 0) is 11.3 Å². The summed E-state index contributed by atoms with van der Waals surface area (Å²) < 4.78 is 14.8. The molecule has 2 amide bonds. The van der Waals surface area contributed by atoms with Gasteiger partial charge in [0.15, 0.2) is 0 Å². The van der Waals surface area contributed by atoms with Crippen molar-refractivity contribution in [1.29, 1.82) is 0 Å². The monoisotopic (exact) mass is 442 g/mol. The number of nitrogens with one attached hydrogen (secondary N) is 1. The highest BCUT2D eigenvalue weighted by Gasteiger charge is 2.17. The fraction of sp³-hybridized carbons (Fsp3) is 0.115. The van der Waals surface area contributed by atoms with Crippen molar-refractivity contribution in [2.75, 3.05) is 13.6 Å². The Labute approximate surface area is 191 Å². The normalized spacial score (nSPS) is 10.6. The molecule has 0 fully saturated rings. The second-order valence-corrected chi connectivity index (χ2v) is 7.59. The van der Waals surface area contributed by atoms with E-state index < -0.39 is 11.7 Å². The number of rotatable bonds is 7. The first-order chi connectivity index (χ1) is 16.0. The van der Waals surface area contributed by atoms with E-state index >= 15 is 0 Å². The fourth-order valence-corrected chi connectivity index (χ4v) is 3.42.